The van der Waals surface area contributed by atoms with Crippen LogP contribution in [0, 0.1) is 0 Å². The van der Waals surface area contributed by atoms with Crippen LogP contribution in [0.25, 0.3) is 0 Å². The number of rotatable bonds is 7. The van der Waals surface area contributed by atoms with Crippen LogP contribution in [0.5, 0.6) is 0 Å². The lowest BCUT2D eigenvalue weighted by Crippen LogP contribution is -2.28. The van der Waals surface area contributed by atoms with Crippen molar-refractivity contribution in [2.24, 2.45) is 0 Å². The highest BCUT2D eigenvalue weighted by molar-refractivity contribution is 7.89. The van der Waals surface area contributed by atoms with E-state index >= 15 is 0 Å². The SMILES string of the molecule is CC(NS(=O)(=O)c1[nH]ncc1CNC1CC1)c1cccs1. The summed E-state index contributed by atoms with van der Waals surface area (Å²) in [6, 6.07) is 4.09. The quantitative estimate of drug-likeness (QED) is 0.723. The molecule has 1 fully saturated rings. The van der Waals surface area contributed by atoms with Crippen molar-refractivity contribution in [1.29, 1.82) is 0 Å². The summed E-state index contributed by atoms with van der Waals surface area (Å²) in [6.07, 6.45) is 3.89. The summed E-state index contributed by atoms with van der Waals surface area (Å²) in [7, 11) is -3.60. The molecule has 1 aliphatic rings. The summed E-state index contributed by atoms with van der Waals surface area (Å²) in [6.45, 7) is 2.35. The van der Waals surface area contributed by atoms with Crippen molar-refractivity contribution in [3.63, 3.8) is 0 Å². The summed E-state index contributed by atoms with van der Waals surface area (Å²) >= 11 is 1.53. The Balaban J connectivity index is 1.73. The van der Waals surface area contributed by atoms with E-state index in [1.807, 2.05) is 24.4 Å². The predicted octanol–water partition coefficient (Wildman–Crippen LogP) is 1.76. The molecule has 21 heavy (non-hydrogen) atoms. The van der Waals surface area contributed by atoms with E-state index < -0.39 is 10.0 Å². The van der Waals surface area contributed by atoms with Crippen LogP contribution in [-0.2, 0) is 16.6 Å². The lowest BCUT2D eigenvalue weighted by Gasteiger charge is -2.13. The van der Waals surface area contributed by atoms with Crippen molar-refractivity contribution in [3.05, 3.63) is 34.2 Å². The van der Waals surface area contributed by atoms with Gasteiger partial charge in [0, 0.05) is 23.0 Å². The van der Waals surface area contributed by atoms with E-state index in [2.05, 4.69) is 20.2 Å². The van der Waals surface area contributed by atoms with Gasteiger partial charge >= 0.3 is 0 Å². The first kappa shape index (κ1) is 14.7. The Morgan fingerprint density at radius 1 is 1.52 bits per heavy atom. The van der Waals surface area contributed by atoms with Crippen molar-refractivity contribution in [2.75, 3.05) is 0 Å². The van der Waals surface area contributed by atoms with E-state index in [4.69, 9.17) is 0 Å². The molecule has 2 aromatic heterocycles. The summed E-state index contributed by atoms with van der Waals surface area (Å²) < 4.78 is 27.6. The zero-order chi connectivity index (χ0) is 14.9. The molecular weight excluding hydrogens is 308 g/mol. The summed E-state index contributed by atoms with van der Waals surface area (Å²) in [5.41, 5.74) is 0.674. The summed E-state index contributed by atoms with van der Waals surface area (Å²) in [4.78, 5) is 0.982. The van der Waals surface area contributed by atoms with Gasteiger partial charge < -0.3 is 5.32 Å². The minimum Gasteiger partial charge on any atom is -0.310 e. The number of sulfonamides is 1. The van der Waals surface area contributed by atoms with Gasteiger partial charge in [-0.3, -0.25) is 5.10 Å². The van der Waals surface area contributed by atoms with Crippen LogP contribution < -0.4 is 10.0 Å². The first-order chi connectivity index (χ1) is 10.1. The van der Waals surface area contributed by atoms with Gasteiger partial charge in [0.15, 0.2) is 5.03 Å². The molecule has 8 heteroatoms. The maximum atomic E-state index is 12.5. The topological polar surface area (TPSA) is 86.9 Å². The van der Waals surface area contributed by atoms with Gasteiger partial charge in [0.05, 0.1) is 12.2 Å². The number of H-pyrrole nitrogens is 1. The fourth-order valence-corrected chi connectivity index (χ4v) is 4.25. The number of aromatic nitrogens is 2. The smallest absolute Gasteiger partial charge is 0.258 e. The Morgan fingerprint density at radius 3 is 3.00 bits per heavy atom. The first-order valence-corrected chi connectivity index (χ1v) is 9.24. The molecule has 0 radical (unpaired) electrons. The molecule has 1 unspecified atom stereocenters. The second kappa shape index (κ2) is 5.88. The molecule has 0 spiro atoms. The van der Waals surface area contributed by atoms with E-state index in [9.17, 15) is 8.42 Å². The van der Waals surface area contributed by atoms with E-state index in [0.717, 1.165) is 17.7 Å². The Morgan fingerprint density at radius 2 is 2.33 bits per heavy atom. The van der Waals surface area contributed by atoms with Crippen LogP contribution in [0.15, 0.2) is 28.7 Å². The molecule has 3 N–H and O–H groups in total. The van der Waals surface area contributed by atoms with Gasteiger partial charge in [0.2, 0.25) is 0 Å². The Hall–Kier alpha value is -1.22. The second-order valence-corrected chi connectivity index (χ2v) is 7.87. The fourth-order valence-electron chi connectivity index (χ4n) is 2.09. The number of nitrogens with zero attached hydrogens (tertiary/aromatic N) is 1. The highest BCUT2D eigenvalue weighted by atomic mass is 32.2. The van der Waals surface area contributed by atoms with Gasteiger partial charge in [-0.1, -0.05) is 6.07 Å². The average Bonchev–Trinajstić information content (AvgIpc) is 2.95. The largest absolute Gasteiger partial charge is 0.310 e. The van der Waals surface area contributed by atoms with Crippen molar-refractivity contribution in [2.45, 2.75) is 43.4 Å². The van der Waals surface area contributed by atoms with Crippen LogP contribution in [-0.4, -0.2) is 24.7 Å². The third-order valence-corrected chi connectivity index (χ3v) is 6.02. The Bertz CT molecular complexity index is 690. The molecule has 2 aromatic rings. The lowest BCUT2D eigenvalue weighted by atomic mass is 10.3. The maximum Gasteiger partial charge on any atom is 0.258 e. The van der Waals surface area contributed by atoms with E-state index in [1.165, 1.54) is 11.3 Å². The Labute approximate surface area is 128 Å². The molecule has 2 heterocycles. The zero-order valence-electron chi connectivity index (χ0n) is 11.7. The average molecular weight is 326 g/mol. The molecule has 114 valence electrons. The molecular formula is C13H18N4O2S2. The molecule has 0 bridgehead atoms. The molecule has 0 aliphatic heterocycles. The molecule has 0 saturated heterocycles. The van der Waals surface area contributed by atoms with Crippen molar-refractivity contribution >= 4 is 21.4 Å². The van der Waals surface area contributed by atoms with Gasteiger partial charge in [-0.15, -0.1) is 11.3 Å². The number of thiophene rings is 1. The highest BCUT2D eigenvalue weighted by Crippen LogP contribution is 2.23. The van der Waals surface area contributed by atoms with E-state index in [-0.39, 0.29) is 11.1 Å². The van der Waals surface area contributed by atoms with E-state index in [0.29, 0.717) is 18.2 Å². The van der Waals surface area contributed by atoms with Gasteiger partial charge in [0.25, 0.3) is 10.0 Å². The van der Waals surface area contributed by atoms with Gasteiger partial charge in [0.1, 0.15) is 0 Å². The van der Waals surface area contributed by atoms with Crippen LogP contribution in [0.1, 0.15) is 36.2 Å². The molecule has 1 saturated carbocycles. The van der Waals surface area contributed by atoms with Gasteiger partial charge in [-0.25, -0.2) is 13.1 Å². The third kappa shape index (κ3) is 3.52. The zero-order valence-corrected chi connectivity index (χ0v) is 13.3. The number of hydrogen-bond donors (Lipinski definition) is 3. The number of aromatic amines is 1. The maximum absolute atomic E-state index is 12.5. The van der Waals surface area contributed by atoms with E-state index in [1.54, 1.807) is 6.20 Å². The monoisotopic (exact) mass is 326 g/mol. The predicted molar refractivity (Wildman–Crippen MR) is 81.5 cm³/mol. The van der Waals surface area contributed by atoms with Crippen LogP contribution in [0.4, 0.5) is 0 Å². The number of hydrogen-bond acceptors (Lipinski definition) is 5. The van der Waals surface area contributed by atoms with Crippen LogP contribution in [0.2, 0.25) is 0 Å². The lowest BCUT2D eigenvalue weighted by molar-refractivity contribution is 0.561. The summed E-state index contributed by atoms with van der Waals surface area (Å²) in [5.74, 6) is 0. The number of nitrogens with one attached hydrogen (secondary N) is 3. The van der Waals surface area contributed by atoms with Crippen LogP contribution in [0.3, 0.4) is 0 Å². The highest BCUT2D eigenvalue weighted by Gasteiger charge is 2.26. The minimum absolute atomic E-state index is 0.152. The molecule has 1 atom stereocenters. The van der Waals surface area contributed by atoms with Crippen molar-refractivity contribution < 1.29 is 8.42 Å². The molecule has 0 aromatic carbocycles. The minimum atomic E-state index is -3.60. The third-order valence-electron chi connectivity index (χ3n) is 3.41. The Kier molecular flexibility index (Phi) is 4.12. The van der Waals surface area contributed by atoms with Gasteiger partial charge in [-0.05, 0) is 31.2 Å². The van der Waals surface area contributed by atoms with Crippen molar-refractivity contribution in [3.8, 4) is 0 Å². The molecule has 0 amide bonds. The normalized spacial score (nSPS) is 17.0. The van der Waals surface area contributed by atoms with Gasteiger partial charge in [-0.2, -0.15) is 5.10 Å². The second-order valence-electron chi connectivity index (χ2n) is 5.24. The standard InChI is InChI=1S/C13H18N4O2S2/c1-9(12-3-2-6-20-12)17-21(18,19)13-10(8-15-16-13)7-14-11-4-5-11/h2-3,6,8-9,11,14,17H,4-5,7H2,1H3,(H,15,16). The first-order valence-electron chi connectivity index (χ1n) is 6.87. The molecule has 1 aliphatic carbocycles. The fraction of sp³-hybridized carbons (Fsp3) is 0.462. The molecule has 3 rings (SSSR count). The molecule has 6 nitrogen and oxygen atoms in total. The van der Waals surface area contributed by atoms with Crippen LogP contribution >= 0.6 is 11.3 Å². The summed E-state index contributed by atoms with van der Waals surface area (Å²) in [5, 5.41) is 11.9. The van der Waals surface area contributed by atoms with Crippen molar-refractivity contribution in [1.82, 2.24) is 20.2 Å².